The quantitative estimate of drug-likeness (QED) is 0.649. The summed E-state index contributed by atoms with van der Waals surface area (Å²) in [5.41, 5.74) is 1.83. The molecular formula is C11H12ClNO3. The monoisotopic (exact) mass is 241 g/mol. The summed E-state index contributed by atoms with van der Waals surface area (Å²) >= 11 is 5.92. The van der Waals surface area contributed by atoms with Crippen LogP contribution in [-0.2, 0) is 0 Å². The van der Waals surface area contributed by atoms with Crippen molar-refractivity contribution >= 4 is 16.6 Å². The number of hydrogen-bond donors (Lipinski definition) is 1. The molecule has 0 fully saturated rings. The standard InChI is InChI=1S/C11H12ClNO3/c1-8-2-4-9(5-3-8)11(12)6-10(14)7-13(15)16/h2-6,10,14H,7H2,1H3/b11-6-/t10-/m0/s1. The Morgan fingerprint density at radius 1 is 1.56 bits per heavy atom. The Kier molecular flexibility index (Phi) is 4.46. The summed E-state index contributed by atoms with van der Waals surface area (Å²) in [4.78, 5) is 9.56. The zero-order chi connectivity index (χ0) is 12.1. The van der Waals surface area contributed by atoms with E-state index in [1.165, 1.54) is 6.08 Å². The van der Waals surface area contributed by atoms with Gasteiger partial charge in [0.1, 0.15) is 6.10 Å². The average molecular weight is 242 g/mol. The predicted molar refractivity (Wildman–Crippen MR) is 62.9 cm³/mol. The van der Waals surface area contributed by atoms with Crippen molar-refractivity contribution in [2.75, 3.05) is 6.54 Å². The van der Waals surface area contributed by atoms with Gasteiger partial charge in [-0.3, -0.25) is 10.1 Å². The first kappa shape index (κ1) is 12.7. The van der Waals surface area contributed by atoms with Gasteiger partial charge in [0.05, 0.1) is 0 Å². The van der Waals surface area contributed by atoms with Crippen molar-refractivity contribution in [3.63, 3.8) is 0 Å². The first-order valence-electron chi connectivity index (χ1n) is 4.73. The van der Waals surface area contributed by atoms with Crippen LogP contribution in [-0.4, -0.2) is 22.7 Å². The van der Waals surface area contributed by atoms with E-state index in [0.29, 0.717) is 5.03 Å². The van der Waals surface area contributed by atoms with Gasteiger partial charge in [0.25, 0.3) is 0 Å². The fourth-order valence-electron chi connectivity index (χ4n) is 1.18. The Hall–Kier alpha value is -1.39. The van der Waals surface area contributed by atoms with E-state index in [9.17, 15) is 15.2 Å². The molecule has 0 spiro atoms. The topological polar surface area (TPSA) is 63.4 Å². The van der Waals surface area contributed by atoms with E-state index in [2.05, 4.69) is 0 Å². The van der Waals surface area contributed by atoms with Gasteiger partial charge in [-0.05, 0) is 18.6 Å². The lowest BCUT2D eigenvalue weighted by molar-refractivity contribution is -0.487. The number of rotatable bonds is 4. The van der Waals surface area contributed by atoms with Gasteiger partial charge in [-0.25, -0.2) is 0 Å². The highest BCUT2D eigenvalue weighted by Gasteiger charge is 2.09. The van der Waals surface area contributed by atoms with Gasteiger partial charge in [0, 0.05) is 9.96 Å². The first-order chi connectivity index (χ1) is 7.49. The van der Waals surface area contributed by atoms with Gasteiger partial charge in [-0.15, -0.1) is 0 Å². The van der Waals surface area contributed by atoms with Gasteiger partial charge in [-0.1, -0.05) is 41.4 Å². The third-order valence-corrected chi connectivity index (χ3v) is 2.35. The van der Waals surface area contributed by atoms with E-state index in [1.807, 2.05) is 19.1 Å². The molecule has 0 aliphatic carbocycles. The van der Waals surface area contributed by atoms with Crippen LogP contribution in [0.15, 0.2) is 30.3 Å². The van der Waals surface area contributed by atoms with Crippen molar-refractivity contribution in [1.29, 1.82) is 0 Å². The van der Waals surface area contributed by atoms with Crippen LogP contribution >= 0.6 is 11.6 Å². The molecule has 0 aliphatic rings. The van der Waals surface area contributed by atoms with Gasteiger partial charge in [0.2, 0.25) is 6.54 Å². The summed E-state index contributed by atoms with van der Waals surface area (Å²) in [7, 11) is 0. The Balaban J connectivity index is 2.76. The molecule has 1 N–H and O–H groups in total. The lowest BCUT2D eigenvalue weighted by Crippen LogP contribution is -2.16. The van der Waals surface area contributed by atoms with E-state index < -0.39 is 17.6 Å². The van der Waals surface area contributed by atoms with E-state index in [-0.39, 0.29) is 0 Å². The molecule has 86 valence electrons. The number of aliphatic hydroxyl groups is 1. The van der Waals surface area contributed by atoms with Crippen LogP contribution in [0.1, 0.15) is 11.1 Å². The summed E-state index contributed by atoms with van der Waals surface area (Å²) in [5, 5.41) is 19.8. The molecule has 1 atom stereocenters. The number of hydrogen-bond acceptors (Lipinski definition) is 3. The van der Waals surface area contributed by atoms with Crippen molar-refractivity contribution < 1.29 is 10.0 Å². The second-order valence-corrected chi connectivity index (χ2v) is 3.87. The molecule has 4 nitrogen and oxygen atoms in total. The molecule has 1 rings (SSSR count). The maximum atomic E-state index is 10.1. The average Bonchev–Trinajstić information content (AvgIpc) is 2.16. The summed E-state index contributed by atoms with van der Waals surface area (Å²) in [6.45, 7) is 1.41. The molecule has 0 aliphatic heterocycles. The van der Waals surface area contributed by atoms with Crippen molar-refractivity contribution in [2.45, 2.75) is 13.0 Å². The molecule has 5 heteroatoms. The van der Waals surface area contributed by atoms with Crippen LogP contribution in [0.3, 0.4) is 0 Å². The number of aryl methyl sites for hydroxylation is 1. The van der Waals surface area contributed by atoms with Crippen LogP contribution in [0.4, 0.5) is 0 Å². The van der Waals surface area contributed by atoms with E-state index >= 15 is 0 Å². The second-order valence-electron chi connectivity index (χ2n) is 3.46. The Bertz CT molecular complexity index is 400. The molecule has 0 saturated heterocycles. The lowest BCUT2D eigenvalue weighted by Gasteiger charge is -2.03. The maximum Gasteiger partial charge on any atom is 0.233 e. The molecule has 1 aromatic rings. The van der Waals surface area contributed by atoms with Crippen molar-refractivity contribution in [3.8, 4) is 0 Å². The number of nitrogens with zero attached hydrogens (tertiary/aromatic N) is 1. The molecular weight excluding hydrogens is 230 g/mol. The second kappa shape index (κ2) is 5.63. The minimum atomic E-state index is -1.16. The first-order valence-corrected chi connectivity index (χ1v) is 5.11. The summed E-state index contributed by atoms with van der Waals surface area (Å²) in [6.07, 6.45) is 0.110. The number of benzene rings is 1. The van der Waals surface area contributed by atoms with Gasteiger partial charge >= 0.3 is 0 Å². The molecule has 0 heterocycles. The predicted octanol–water partition coefficient (Wildman–Crippen LogP) is 2.21. The molecule has 0 bridgehead atoms. The minimum absolute atomic E-state index is 0.314. The van der Waals surface area contributed by atoms with E-state index in [0.717, 1.165) is 11.1 Å². The van der Waals surface area contributed by atoms with Crippen LogP contribution < -0.4 is 0 Å². The molecule has 16 heavy (non-hydrogen) atoms. The Morgan fingerprint density at radius 2 is 2.12 bits per heavy atom. The van der Waals surface area contributed by atoms with Crippen molar-refractivity contribution in [3.05, 3.63) is 51.6 Å². The zero-order valence-corrected chi connectivity index (χ0v) is 9.52. The SMILES string of the molecule is Cc1ccc(/C(Cl)=C/[C@H](O)C[N+](=O)[O-])cc1. The Labute approximate surface area is 98.3 Å². The van der Waals surface area contributed by atoms with Crippen molar-refractivity contribution in [1.82, 2.24) is 0 Å². The van der Waals surface area contributed by atoms with Crippen molar-refractivity contribution in [2.24, 2.45) is 0 Å². The molecule has 0 aromatic heterocycles. The Morgan fingerprint density at radius 3 is 2.62 bits per heavy atom. The van der Waals surface area contributed by atoms with Crippen LogP contribution in [0.5, 0.6) is 0 Å². The molecule has 0 unspecified atom stereocenters. The lowest BCUT2D eigenvalue weighted by atomic mass is 10.1. The van der Waals surface area contributed by atoms with E-state index in [1.54, 1.807) is 12.1 Å². The number of aliphatic hydroxyl groups excluding tert-OH is 1. The summed E-state index contributed by atoms with van der Waals surface area (Å²) in [5.74, 6) is 0. The highest BCUT2D eigenvalue weighted by atomic mass is 35.5. The number of nitro groups is 1. The van der Waals surface area contributed by atoms with Gasteiger partial charge < -0.3 is 5.11 Å². The van der Waals surface area contributed by atoms with Crippen LogP contribution in [0.2, 0.25) is 0 Å². The van der Waals surface area contributed by atoms with Gasteiger partial charge in [-0.2, -0.15) is 0 Å². The normalized spacial score (nSPS) is 13.6. The molecule has 0 amide bonds. The molecule has 1 aromatic carbocycles. The molecule has 0 radical (unpaired) electrons. The van der Waals surface area contributed by atoms with Crippen LogP contribution in [0.25, 0.3) is 5.03 Å². The smallest absolute Gasteiger partial charge is 0.233 e. The molecule has 0 saturated carbocycles. The summed E-state index contributed by atoms with van der Waals surface area (Å²) in [6, 6.07) is 7.36. The summed E-state index contributed by atoms with van der Waals surface area (Å²) < 4.78 is 0. The third kappa shape index (κ3) is 4.00. The third-order valence-electron chi connectivity index (χ3n) is 2.00. The maximum absolute atomic E-state index is 10.1. The van der Waals surface area contributed by atoms with E-state index in [4.69, 9.17) is 11.6 Å². The number of halogens is 1. The van der Waals surface area contributed by atoms with Crippen LogP contribution in [0, 0.1) is 17.0 Å². The fourth-order valence-corrected chi connectivity index (χ4v) is 1.45. The fraction of sp³-hybridized carbons (Fsp3) is 0.273. The highest BCUT2D eigenvalue weighted by molar-refractivity contribution is 6.48. The minimum Gasteiger partial charge on any atom is -0.382 e. The largest absolute Gasteiger partial charge is 0.382 e. The highest BCUT2D eigenvalue weighted by Crippen LogP contribution is 2.19. The van der Waals surface area contributed by atoms with Gasteiger partial charge in [0.15, 0.2) is 0 Å². The zero-order valence-electron chi connectivity index (χ0n) is 8.76.